The molecule has 1 aromatic carbocycles. The van der Waals surface area contributed by atoms with E-state index in [1.54, 1.807) is 35.9 Å². The molecule has 3 aromatic rings. The van der Waals surface area contributed by atoms with Crippen molar-refractivity contribution < 1.29 is 9.90 Å². The Labute approximate surface area is 125 Å². The Morgan fingerprint density at radius 1 is 1.24 bits per heavy atom. The maximum absolute atomic E-state index is 11.3. The topological polar surface area (TPSA) is 68.0 Å². The summed E-state index contributed by atoms with van der Waals surface area (Å²) in [5.41, 5.74) is 1.09. The summed E-state index contributed by atoms with van der Waals surface area (Å²) >= 11 is 1.59. The molecule has 0 saturated heterocycles. The number of benzene rings is 1. The van der Waals surface area contributed by atoms with Crippen LogP contribution in [0.1, 0.15) is 26.8 Å². The van der Waals surface area contributed by atoms with Gasteiger partial charge in [-0.15, -0.1) is 11.3 Å². The van der Waals surface area contributed by atoms with Crippen LogP contribution in [0.4, 0.5) is 0 Å². The minimum absolute atomic E-state index is 0.325. The zero-order valence-corrected chi connectivity index (χ0v) is 12.0. The largest absolute Gasteiger partial charge is 0.478 e. The molecule has 0 aliphatic heterocycles. The van der Waals surface area contributed by atoms with Crippen LogP contribution in [0.2, 0.25) is 0 Å². The Morgan fingerprint density at radius 2 is 2.10 bits per heavy atom. The van der Waals surface area contributed by atoms with E-state index in [4.69, 9.17) is 0 Å². The summed E-state index contributed by atoms with van der Waals surface area (Å²) in [6.07, 6.45) is 6.01. The molecule has 0 amide bonds. The van der Waals surface area contributed by atoms with E-state index in [0.717, 1.165) is 16.4 Å². The predicted molar refractivity (Wildman–Crippen MR) is 79.7 cm³/mol. The molecule has 106 valence electrons. The molecule has 5 nitrogen and oxygen atoms in total. The van der Waals surface area contributed by atoms with Gasteiger partial charge < -0.3 is 9.67 Å². The second kappa shape index (κ2) is 5.88. The van der Waals surface area contributed by atoms with Gasteiger partial charge >= 0.3 is 5.97 Å². The van der Waals surface area contributed by atoms with Crippen molar-refractivity contribution in [2.45, 2.75) is 13.0 Å². The number of aromatic carboxylic acids is 1. The molecule has 2 heterocycles. The Balaban J connectivity index is 1.86. The monoisotopic (exact) mass is 299 g/mol. The Hall–Kier alpha value is -2.47. The standard InChI is InChI=1S/C15H13N3O2S/c19-15(20)12-4-2-1-3-11(12)10-18-7-5-16-13(18)9-14-17-6-8-21-14/h1-8H,9-10H2,(H,19,20). The molecule has 6 heteroatoms. The zero-order valence-electron chi connectivity index (χ0n) is 11.1. The first-order chi connectivity index (χ1) is 10.2. The molecule has 0 aliphatic rings. The number of carboxylic acids is 1. The van der Waals surface area contributed by atoms with Gasteiger partial charge in [-0.1, -0.05) is 18.2 Å². The number of hydrogen-bond donors (Lipinski definition) is 1. The summed E-state index contributed by atoms with van der Waals surface area (Å²) in [5.74, 6) is -0.0302. The van der Waals surface area contributed by atoms with Crippen molar-refractivity contribution in [3.8, 4) is 0 Å². The number of aromatic nitrogens is 3. The fourth-order valence-corrected chi connectivity index (χ4v) is 2.79. The van der Waals surface area contributed by atoms with Gasteiger partial charge in [-0.05, 0) is 11.6 Å². The molecule has 21 heavy (non-hydrogen) atoms. The minimum Gasteiger partial charge on any atom is -0.478 e. The van der Waals surface area contributed by atoms with E-state index >= 15 is 0 Å². The highest BCUT2D eigenvalue weighted by molar-refractivity contribution is 7.09. The van der Waals surface area contributed by atoms with E-state index < -0.39 is 5.97 Å². The molecule has 0 atom stereocenters. The molecule has 0 radical (unpaired) electrons. The highest BCUT2D eigenvalue weighted by atomic mass is 32.1. The summed E-state index contributed by atoms with van der Waals surface area (Å²) in [5, 5.41) is 12.2. The van der Waals surface area contributed by atoms with E-state index in [1.807, 2.05) is 28.3 Å². The maximum atomic E-state index is 11.3. The Morgan fingerprint density at radius 3 is 2.86 bits per heavy atom. The van der Waals surface area contributed by atoms with Crippen molar-refractivity contribution >= 4 is 17.3 Å². The molecule has 0 fully saturated rings. The van der Waals surface area contributed by atoms with Gasteiger partial charge in [0.25, 0.3) is 0 Å². The quantitative estimate of drug-likeness (QED) is 0.786. The first-order valence-corrected chi connectivity index (χ1v) is 7.31. The lowest BCUT2D eigenvalue weighted by Gasteiger charge is -2.09. The number of nitrogens with zero attached hydrogens (tertiary/aromatic N) is 3. The van der Waals surface area contributed by atoms with Crippen molar-refractivity contribution in [3.63, 3.8) is 0 Å². The third kappa shape index (κ3) is 3.00. The van der Waals surface area contributed by atoms with Crippen molar-refractivity contribution in [3.05, 3.63) is 70.2 Å². The molecule has 0 bridgehead atoms. The molecule has 2 aromatic heterocycles. The van der Waals surface area contributed by atoms with Gasteiger partial charge in [0.2, 0.25) is 0 Å². The molecular weight excluding hydrogens is 286 g/mol. The van der Waals surface area contributed by atoms with E-state index in [1.165, 1.54) is 0 Å². The average Bonchev–Trinajstić information content (AvgIpc) is 3.12. The molecule has 3 rings (SSSR count). The van der Waals surface area contributed by atoms with Gasteiger partial charge in [-0.3, -0.25) is 0 Å². The Bertz CT molecular complexity index is 750. The SMILES string of the molecule is O=C(O)c1ccccc1Cn1ccnc1Cc1nccs1. The van der Waals surface area contributed by atoms with Gasteiger partial charge in [0.05, 0.1) is 17.0 Å². The lowest BCUT2D eigenvalue weighted by molar-refractivity contribution is 0.0695. The molecule has 0 saturated carbocycles. The normalized spacial score (nSPS) is 10.7. The predicted octanol–water partition coefficient (Wildman–Crippen LogP) is 2.68. The van der Waals surface area contributed by atoms with E-state index in [0.29, 0.717) is 18.5 Å². The zero-order chi connectivity index (χ0) is 14.7. The van der Waals surface area contributed by atoms with Crippen LogP contribution in [0.3, 0.4) is 0 Å². The summed E-state index contributed by atoms with van der Waals surface area (Å²) in [6.45, 7) is 0.489. The smallest absolute Gasteiger partial charge is 0.336 e. The van der Waals surface area contributed by atoms with Crippen LogP contribution in [-0.2, 0) is 13.0 Å². The van der Waals surface area contributed by atoms with Gasteiger partial charge in [-0.2, -0.15) is 0 Å². The third-order valence-electron chi connectivity index (χ3n) is 3.18. The fraction of sp³-hybridized carbons (Fsp3) is 0.133. The van der Waals surface area contributed by atoms with Crippen LogP contribution >= 0.6 is 11.3 Å². The van der Waals surface area contributed by atoms with Crippen LogP contribution < -0.4 is 0 Å². The molecule has 1 N–H and O–H groups in total. The number of hydrogen-bond acceptors (Lipinski definition) is 4. The van der Waals surface area contributed by atoms with Gasteiger partial charge in [0, 0.05) is 30.5 Å². The number of imidazole rings is 1. The number of rotatable bonds is 5. The summed E-state index contributed by atoms with van der Waals surface area (Å²) < 4.78 is 1.96. The first-order valence-electron chi connectivity index (χ1n) is 6.43. The van der Waals surface area contributed by atoms with Crippen LogP contribution in [0.25, 0.3) is 0 Å². The van der Waals surface area contributed by atoms with Crippen LogP contribution in [-0.4, -0.2) is 25.6 Å². The van der Waals surface area contributed by atoms with Crippen LogP contribution in [0, 0.1) is 0 Å². The summed E-state index contributed by atoms with van der Waals surface area (Å²) in [6, 6.07) is 7.03. The fourth-order valence-electron chi connectivity index (χ4n) is 2.18. The van der Waals surface area contributed by atoms with E-state index in [9.17, 15) is 9.90 Å². The first kappa shape index (κ1) is 13.5. The highest BCUT2D eigenvalue weighted by Gasteiger charge is 2.12. The second-order valence-corrected chi connectivity index (χ2v) is 5.52. The second-order valence-electron chi connectivity index (χ2n) is 4.54. The van der Waals surface area contributed by atoms with Crippen LogP contribution in [0.5, 0.6) is 0 Å². The molecule has 0 aliphatic carbocycles. The van der Waals surface area contributed by atoms with Crippen molar-refractivity contribution in [1.82, 2.24) is 14.5 Å². The molecular formula is C15H13N3O2S. The minimum atomic E-state index is -0.910. The number of carboxylic acid groups (broad SMARTS) is 1. The number of thiazole rings is 1. The van der Waals surface area contributed by atoms with Crippen molar-refractivity contribution in [2.75, 3.05) is 0 Å². The lowest BCUT2D eigenvalue weighted by atomic mass is 10.1. The third-order valence-corrected chi connectivity index (χ3v) is 3.96. The van der Waals surface area contributed by atoms with Gasteiger partial charge in [0.1, 0.15) is 5.82 Å². The van der Waals surface area contributed by atoms with Gasteiger partial charge in [0.15, 0.2) is 0 Å². The van der Waals surface area contributed by atoms with Gasteiger partial charge in [-0.25, -0.2) is 14.8 Å². The van der Waals surface area contributed by atoms with E-state index in [-0.39, 0.29) is 0 Å². The highest BCUT2D eigenvalue weighted by Crippen LogP contribution is 2.15. The van der Waals surface area contributed by atoms with Crippen molar-refractivity contribution in [2.24, 2.45) is 0 Å². The molecule has 0 spiro atoms. The Kier molecular flexibility index (Phi) is 3.79. The summed E-state index contributed by atoms with van der Waals surface area (Å²) in [7, 11) is 0. The van der Waals surface area contributed by atoms with Crippen molar-refractivity contribution in [1.29, 1.82) is 0 Å². The lowest BCUT2D eigenvalue weighted by Crippen LogP contribution is -2.09. The maximum Gasteiger partial charge on any atom is 0.336 e. The average molecular weight is 299 g/mol. The number of carbonyl (C=O) groups is 1. The van der Waals surface area contributed by atoms with E-state index in [2.05, 4.69) is 9.97 Å². The summed E-state index contributed by atoms with van der Waals surface area (Å²) in [4.78, 5) is 19.9. The van der Waals surface area contributed by atoms with Crippen LogP contribution in [0.15, 0.2) is 48.2 Å². The molecule has 0 unspecified atom stereocenters.